The number of hydrogen-bond acceptors (Lipinski definition) is 4. The average molecular weight is 372 g/mol. The summed E-state index contributed by atoms with van der Waals surface area (Å²) >= 11 is 0. The van der Waals surface area contributed by atoms with Gasteiger partial charge >= 0.3 is 0 Å². The van der Waals surface area contributed by atoms with Crippen molar-refractivity contribution in [1.82, 2.24) is 9.21 Å². The van der Waals surface area contributed by atoms with Crippen LogP contribution in [0.5, 0.6) is 0 Å². The number of anilines is 1. The highest BCUT2D eigenvalue weighted by molar-refractivity contribution is 7.89. The average Bonchev–Trinajstić information content (AvgIpc) is 2.68. The van der Waals surface area contributed by atoms with E-state index in [2.05, 4.69) is 29.2 Å². The number of para-hydroxylation sites is 1. The molecule has 0 amide bonds. The number of hydrogen-bond donors (Lipinski definition) is 1. The molecule has 4 rings (SSSR count). The van der Waals surface area contributed by atoms with Gasteiger partial charge in [0.15, 0.2) is 0 Å². The molecule has 2 aromatic rings. The molecule has 2 aliphatic rings. The summed E-state index contributed by atoms with van der Waals surface area (Å²) in [7, 11) is -3.51. The molecule has 5 nitrogen and oxygen atoms in total. The Hall–Kier alpha value is -1.89. The number of nitrogens with two attached hydrogens (primary N) is 1. The molecule has 2 aromatic carbocycles. The van der Waals surface area contributed by atoms with Crippen molar-refractivity contribution >= 4 is 15.7 Å². The van der Waals surface area contributed by atoms with Crippen molar-refractivity contribution in [3.63, 3.8) is 0 Å². The van der Waals surface area contributed by atoms with Crippen molar-refractivity contribution in [3.8, 4) is 0 Å². The van der Waals surface area contributed by atoms with Gasteiger partial charge in [-0.25, -0.2) is 8.42 Å². The Morgan fingerprint density at radius 3 is 2.27 bits per heavy atom. The summed E-state index contributed by atoms with van der Waals surface area (Å²) in [5, 5.41) is 0. The smallest absolute Gasteiger partial charge is 0.245 e. The van der Waals surface area contributed by atoms with Crippen molar-refractivity contribution < 1.29 is 8.42 Å². The molecule has 2 N–H and O–H groups in total. The first-order chi connectivity index (χ1) is 12.6. The fourth-order valence-electron chi connectivity index (χ4n) is 4.13. The van der Waals surface area contributed by atoms with E-state index < -0.39 is 10.0 Å². The number of benzene rings is 2. The van der Waals surface area contributed by atoms with Gasteiger partial charge in [0.2, 0.25) is 10.0 Å². The summed E-state index contributed by atoms with van der Waals surface area (Å²) in [6.07, 6.45) is 2.82. The van der Waals surface area contributed by atoms with Gasteiger partial charge in [-0.05, 0) is 42.5 Å². The SMILES string of the molecule is Nc1ccccc1S(=O)(=O)N1CCC(N2CCc3ccccc3C2)CC1. The Bertz CT molecular complexity index is 889. The largest absolute Gasteiger partial charge is 0.398 e. The Morgan fingerprint density at radius 2 is 1.54 bits per heavy atom. The molecule has 0 saturated carbocycles. The summed E-state index contributed by atoms with van der Waals surface area (Å²) in [6, 6.07) is 15.8. The van der Waals surface area contributed by atoms with Gasteiger partial charge in [-0.15, -0.1) is 0 Å². The molecule has 0 aliphatic carbocycles. The van der Waals surface area contributed by atoms with Crippen LogP contribution in [0.1, 0.15) is 24.0 Å². The lowest BCUT2D eigenvalue weighted by molar-refractivity contribution is 0.126. The minimum absolute atomic E-state index is 0.227. The van der Waals surface area contributed by atoms with E-state index in [9.17, 15) is 8.42 Å². The van der Waals surface area contributed by atoms with Crippen molar-refractivity contribution in [1.29, 1.82) is 0 Å². The number of nitrogens with zero attached hydrogens (tertiary/aromatic N) is 2. The summed E-state index contributed by atoms with van der Waals surface area (Å²) in [5.41, 5.74) is 9.07. The first-order valence-electron chi connectivity index (χ1n) is 9.21. The van der Waals surface area contributed by atoms with Gasteiger partial charge in [-0.2, -0.15) is 4.31 Å². The second-order valence-corrected chi connectivity index (χ2v) is 9.07. The van der Waals surface area contributed by atoms with E-state index in [0.717, 1.165) is 32.4 Å². The van der Waals surface area contributed by atoms with Crippen LogP contribution in [0, 0.1) is 0 Å². The molecule has 1 fully saturated rings. The lowest BCUT2D eigenvalue weighted by Crippen LogP contribution is -2.48. The van der Waals surface area contributed by atoms with Gasteiger partial charge in [0.1, 0.15) is 4.90 Å². The maximum atomic E-state index is 12.9. The van der Waals surface area contributed by atoms with Crippen molar-refractivity contribution in [2.75, 3.05) is 25.4 Å². The third-order valence-corrected chi connectivity index (χ3v) is 7.61. The molecule has 0 aromatic heterocycles. The molecule has 26 heavy (non-hydrogen) atoms. The first-order valence-corrected chi connectivity index (χ1v) is 10.7. The predicted octanol–water partition coefficient (Wildman–Crippen LogP) is 2.48. The van der Waals surface area contributed by atoms with Gasteiger partial charge in [0.05, 0.1) is 5.69 Å². The topological polar surface area (TPSA) is 66.6 Å². The minimum atomic E-state index is -3.51. The van der Waals surface area contributed by atoms with Crippen LogP contribution in [0.15, 0.2) is 53.4 Å². The molecular formula is C20H25N3O2S. The third kappa shape index (κ3) is 3.24. The summed E-state index contributed by atoms with van der Waals surface area (Å²) < 4.78 is 27.4. The highest BCUT2D eigenvalue weighted by Crippen LogP contribution is 2.28. The lowest BCUT2D eigenvalue weighted by Gasteiger charge is -2.40. The number of piperidine rings is 1. The Balaban J connectivity index is 1.43. The highest BCUT2D eigenvalue weighted by Gasteiger charge is 2.33. The van der Waals surface area contributed by atoms with E-state index in [1.807, 2.05) is 0 Å². The highest BCUT2D eigenvalue weighted by atomic mass is 32.2. The molecule has 2 heterocycles. The molecule has 0 bridgehead atoms. The van der Waals surface area contributed by atoms with E-state index in [4.69, 9.17) is 5.73 Å². The second-order valence-electron chi connectivity index (χ2n) is 7.16. The molecule has 6 heteroatoms. The zero-order chi connectivity index (χ0) is 18.1. The molecule has 0 spiro atoms. The third-order valence-electron chi connectivity index (χ3n) is 5.64. The summed E-state index contributed by atoms with van der Waals surface area (Å²) in [5.74, 6) is 0. The van der Waals surface area contributed by atoms with Crippen LogP contribution in [0.2, 0.25) is 0 Å². The maximum Gasteiger partial charge on any atom is 0.245 e. The van der Waals surface area contributed by atoms with Crippen LogP contribution in [-0.4, -0.2) is 43.3 Å². The molecule has 1 saturated heterocycles. The number of sulfonamides is 1. The van der Waals surface area contributed by atoms with Gasteiger partial charge in [0, 0.05) is 32.2 Å². The van der Waals surface area contributed by atoms with Crippen LogP contribution < -0.4 is 5.73 Å². The Kier molecular flexibility index (Phi) is 4.73. The lowest BCUT2D eigenvalue weighted by atomic mass is 9.96. The quantitative estimate of drug-likeness (QED) is 0.842. The fourth-order valence-corrected chi connectivity index (χ4v) is 5.72. The van der Waals surface area contributed by atoms with Gasteiger partial charge in [-0.1, -0.05) is 36.4 Å². The minimum Gasteiger partial charge on any atom is -0.398 e. The van der Waals surface area contributed by atoms with E-state index in [1.165, 1.54) is 11.1 Å². The van der Waals surface area contributed by atoms with Crippen LogP contribution in [0.3, 0.4) is 0 Å². The number of rotatable bonds is 3. The molecule has 0 unspecified atom stereocenters. The first kappa shape index (κ1) is 17.5. The van der Waals surface area contributed by atoms with E-state index in [1.54, 1.807) is 28.6 Å². The van der Waals surface area contributed by atoms with E-state index in [-0.39, 0.29) is 4.90 Å². The van der Waals surface area contributed by atoms with Crippen molar-refractivity contribution in [2.24, 2.45) is 0 Å². The van der Waals surface area contributed by atoms with Gasteiger partial charge in [-0.3, -0.25) is 4.90 Å². The summed E-state index contributed by atoms with van der Waals surface area (Å²) in [4.78, 5) is 2.74. The standard InChI is InChI=1S/C20H25N3O2S/c21-19-7-3-4-8-20(19)26(24,25)23-13-10-18(11-14-23)22-12-9-16-5-1-2-6-17(16)15-22/h1-8,18H,9-15,21H2. The van der Waals surface area contributed by atoms with Crippen molar-refractivity contribution in [2.45, 2.75) is 36.7 Å². The molecule has 0 atom stereocenters. The maximum absolute atomic E-state index is 12.9. The Morgan fingerprint density at radius 1 is 0.885 bits per heavy atom. The predicted molar refractivity (Wildman–Crippen MR) is 103 cm³/mol. The van der Waals surface area contributed by atoms with E-state index in [0.29, 0.717) is 24.8 Å². The van der Waals surface area contributed by atoms with Crippen LogP contribution >= 0.6 is 0 Å². The monoisotopic (exact) mass is 371 g/mol. The zero-order valence-electron chi connectivity index (χ0n) is 14.8. The van der Waals surface area contributed by atoms with Crippen LogP contribution in [-0.2, 0) is 23.0 Å². The Labute approximate surface area is 155 Å². The summed E-state index contributed by atoms with van der Waals surface area (Å²) in [6.45, 7) is 3.14. The number of fused-ring (bicyclic) bond motifs is 1. The molecule has 2 aliphatic heterocycles. The van der Waals surface area contributed by atoms with Crippen molar-refractivity contribution in [3.05, 3.63) is 59.7 Å². The molecule has 0 radical (unpaired) electrons. The second kappa shape index (κ2) is 7.02. The molecular weight excluding hydrogens is 346 g/mol. The zero-order valence-corrected chi connectivity index (χ0v) is 15.7. The van der Waals surface area contributed by atoms with Crippen LogP contribution in [0.25, 0.3) is 0 Å². The van der Waals surface area contributed by atoms with Crippen LogP contribution in [0.4, 0.5) is 5.69 Å². The molecule has 138 valence electrons. The normalized spacial score (nSPS) is 20.0. The van der Waals surface area contributed by atoms with Gasteiger partial charge in [0.25, 0.3) is 0 Å². The van der Waals surface area contributed by atoms with E-state index >= 15 is 0 Å². The van der Waals surface area contributed by atoms with Gasteiger partial charge < -0.3 is 5.73 Å². The fraction of sp³-hybridized carbons (Fsp3) is 0.400. The number of nitrogen functional groups attached to an aromatic ring is 1.